The minimum Gasteiger partial charge on any atom is -0.353 e. The molecule has 0 fully saturated rings. The number of rotatable bonds is 13. The van der Waals surface area contributed by atoms with Gasteiger partial charge in [-0.1, -0.05) is 53.7 Å². The Hall–Kier alpha value is -2.55. The molecule has 8 heteroatoms. The molecule has 0 unspecified atom stereocenters. The number of benzene rings is 1. The van der Waals surface area contributed by atoms with Crippen molar-refractivity contribution in [3.63, 3.8) is 0 Å². The first-order valence-corrected chi connectivity index (χ1v) is 11.8. The minimum atomic E-state index is -3.43. The van der Waals surface area contributed by atoms with E-state index in [4.69, 9.17) is 4.84 Å². The van der Waals surface area contributed by atoms with Crippen molar-refractivity contribution in [1.82, 2.24) is 14.8 Å². The lowest BCUT2D eigenvalue weighted by Crippen LogP contribution is -2.31. The SMILES string of the molecule is CS(=O)(=O)N(CCCCCCNC(=O)/C=C/c1cccnc1)OCc1ccccc1. The molecule has 162 valence electrons. The monoisotopic (exact) mass is 431 g/mol. The zero-order valence-corrected chi connectivity index (χ0v) is 18.1. The second kappa shape index (κ2) is 12.9. The van der Waals surface area contributed by atoms with Crippen molar-refractivity contribution in [3.05, 3.63) is 72.1 Å². The van der Waals surface area contributed by atoms with Crippen LogP contribution in [0, 0.1) is 0 Å². The zero-order chi connectivity index (χ0) is 21.7. The lowest BCUT2D eigenvalue weighted by Gasteiger charge is -2.19. The Balaban J connectivity index is 1.59. The lowest BCUT2D eigenvalue weighted by molar-refractivity contribution is -0.116. The molecule has 0 atom stereocenters. The number of hydroxylamine groups is 1. The van der Waals surface area contributed by atoms with Crippen LogP contribution >= 0.6 is 0 Å². The topological polar surface area (TPSA) is 88.6 Å². The fourth-order valence-corrected chi connectivity index (χ4v) is 3.39. The smallest absolute Gasteiger partial charge is 0.243 e. The number of pyridine rings is 1. The third kappa shape index (κ3) is 9.78. The Bertz CT molecular complexity index is 887. The summed E-state index contributed by atoms with van der Waals surface area (Å²) >= 11 is 0. The average molecular weight is 432 g/mol. The first kappa shape index (κ1) is 23.7. The number of sulfonamides is 1. The molecule has 0 saturated carbocycles. The van der Waals surface area contributed by atoms with Crippen molar-refractivity contribution < 1.29 is 18.0 Å². The highest BCUT2D eigenvalue weighted by Crippen LogP contribution is 2.09. The molecule has 0 saturated heterocycles. The lowest BCUT2D eigenvalue weighted by atomic mass is 10.2. The molecule has 1 heterocycles. The molecule has 1 amide bonds. The van der Waals surface area contributed by atoms with Crippen LogP contribution in [0.15, 0.2) is 60.9 Å². The Kier molecular flexibility index (Phi) is 10.2. The van der Waals surface area contributed by atoms with E-state index >= 15 is 0 Å². The van der Waals surface area contributed by atoms with E-state index < -0.39 is 10.0 Å². The van der Waals surface area contributed by atoms with Gasteiger partial charge >= 0.3 is 0 Å². The van der Waals surface area contributed by atoms with Gasteiger partial charge in [0.15, 0.2) is 0 Å². The van der Waals surface area contributed by atoms with Gasteiger partial charge in [0.25, 0.3) is 0 Å². The van der Waals surface area contributed by atoms with E-state index in [-0.39, 0.29) is 12.5 Å². The molecule has 2 rings (SSSR count). The number of nitrogens with one attached hydrogen (secondary N) is 1. The number of hydrogen-bond acceptors (Lipinski definition) is 5. The van der Waals surface area contributed by atoms with E-state index in [2.05, 4.69) is 10.3 Å². The Morgan fingerprint density at radius 3 is 2.57 bits per heavy atom. The van der Waals surface area contributed by atoms with Gasteiger partial charge in [-0.2, -0.15) is 0 Å². The number of aromatic nitrogens is 1. The summed E-state index contributed by atoms with van der Waals surface area (Å²) in [5.74, 6) is -0.142. The molecule has 1 N–H and O–H groups in total. The van der Waals surface area contributed by atoms with Crippen molar-refractivity contribution in [3.8, 4) is 0 Å². The van der Waals surface area contributed by atoms with Crippen LogP contribution in [0.5, 0.6) is 0 Å². The van der Waals surface area contributed by atoms with Gasteiger partial charge in [-0.25, -0.2) is 8.42 Å². The van der Waals surface area contributed by atoms with Gasteiger partial charge in [0.1, 0.15) is 0 Å². The van der Waals surface area contributed by atoms with Crippen LogP contribution < -0.4 is 5.32 Å². The normalized spacial score (nSPS) is 11.8. The maximum Gasteiger partial charge on any atom is 0.243 e. The van der Waals surface area contributed by atoms with E-state index in [1.807, 2.05) is 42.5 Å². The summed E-state index contributed by atoms with van der Waals surface area (Å²) in [5, 5.41) is 2.84. The summed E-state index contributed by atoms with van der Waals surface area (Å²) in [6, 6.07) is 13.1. The summed E-state index contributed by atoms with van der Waals surface area (Å²) in [7, 11) is -3.43. The summed E-state index contributed by atoms with van der Waals surface area (Å²) < 4.78 is 24.9. The molecule has 1 aromatic carbocycles. The minimum absolute atomic E-state index is 0.142. The number of carbonyl (C=O) groups is 1. The van der Waals surface area contributed by atoms with Crippen molar-refractivity contribution in [2.45, 2.75) is 32.3 Å². The molecule has 0 radical (unpaired) electrons. The quantitative estimate of drug-likeness (QED) is 0.299. The molecule has 0 aliphatic heterocycles. The maximum absolute atomic E-state index is 11.9. The largest absolute Gasteiger partial charge is 0.353 e. The van der Waals surface area contributed by atoms with Crippen molar-refractivity contribution >= 4 is 22.0 Å². The van der Waals surface area contributed by atoms with Gasteiger partial charge < -0.3 is 5.32 Å². The average Bonchev–Trinajstić information content (AvgIpc) is 2.74. The van der Waals surface area contributed by atoms with Crippen LogP contribution in [-0.2, 0) is 26.3 Å². The van der Waals surface area contributed by atoms with Gasteiger partial charge in [-0.15, -0.1) is 0 Å². The van der Waals surface area contributed by atoms with Crippen LogP contribution in [0.2, 0.25) is 0 Å². The molecule has 0 spiro atoms. The van der Waals surface area contributed by atoms with Crippen LogP contribution in [0.25, 0.3) is 6.08 Å². The molecule has 2 aromatic rings. The van der Waals surface area contributed by atoms with Crippen LogP contribution in [0.1, 0.15) is 36.8 Å². The Morgan fingerprint density at radius 1 is 1.10 bits per heavy atom. The number of nitrogens with zero attached hydrogens (tertiary/aromatic N) is 2. The number of carbonyl (C=O) groups excluding carboxylic acids is 1. The highest BCUT2D eigenvalue weighted by Gasteiger charge is 2.17. The standard InChI is InChI=1S/C22H29N3O4S/c1-30(27,28)25(29-19-21-10-5-4-6-11-21)17-8-3-2-7-16-24-22(26)14-13-20-12-9-15-23-18-20/h4-6,9-15,18H,2-3,7-8,16-17,19H2,1H3,(H,24,26)/b14-13+. The fourth-order valence-electron chi connectivity index (χ4n) is 2.68. The van der Waals surface area contributed by atoms with Gasteiger partial charge in [-0.3, -0.25) is 14.6 Å². The molecule has 7 nitrogen and oxygen atoms in total. The highest BCUT2D eigenvalue weighted by molar-refractivity contribution is 7.88. The molecule has 1 aromatic heterocycles. The maximum atomic E-state index is 11.9. The van der Waals surface area contributed by atoms with E-state index in [0.717, 1.165) is 41.1 Å². The van der Waals surface area contributed by atoms with E-state index in [1.54, 1.807) is 18.5 Å². The van der Waals surface area contributed by atoms with Gasteiger partial charge in [0.05, 0.1) is 12.9 Å². The van der Waals surface area contributed by atoms with E-state index in [0.29, 0.717) is 19.5 Å². The van der Waals surface area contributed by atoms with Crippen LogP contribution in [-0.4, -0.2) is 43.1 Å². The molecule has 0 bridgehead atoms. The fraction of sp³-hybridized carbons (Fsp3) is 0.364. The van der Waals surface area contributed by atoms with E-state index in [1.165, 1.54) is 6.08 Å². The molecule has 0 aliphatic rings. The first-order valence-electron chi connectivity index (χ1n) is 9.95. The summed E-state index contributed by atoms with van der Waals surface area (Å²) in [4.78, 5) is 21.3. The molecule has 30 heavy (non-hydrogen) atoms. The van der Waals surface area contributed by atoms with Crippen LogP contribution in [0.4, 0.5) is 0 Å². The zero-order valence-electron chi connectivity index (χ0n) is 17.2. The number of unbranched alkanes of at least 4 members (excludes halogenated alkanes) is 3. The second-order valence-corrected chi connectivity index (χ2v) is 8.75. The Labute approximate surface area is 178 Å². The van der Waals surface area contributed by atoms with E-state index in [9.17, 15) is 13.2 Å². The third-order valence-electron chi connectivity index (χ3n) is 4.27. The first-order chi connectivity index (χ1) is 14.4. The predicted molar refractivity (Wildman–Crippen MR) is 118 cm³/mol. The predicted octanol–water partition coefficient (Wildman–Crippen LogP) is 3.16. The summed E-state index contributed by atoms with van der Waals surface area (Å²) in [6.45, 7) is 1.11. The number of amides is 1. The second-order valence-electron chi connectivity index (χ2n) is 6.87. The third-order valence-corrected chi connectivity index (χ3v) is 5.29. The van der Waals surface area contributed by atoms with Crippen molar-refractivity contribution in [1.29, 1.82) is 0 Å². The van der Waals surface area contributed by atoms with Gasteiger partial charge in [0.2, 0.25) is 15.9 Å². The number of hydrogen-bond donors (Lipinski definition) is 1. The van der Waals surface area contributed by atoms with Gasteiger partial charge in [0, 0.05) is 31.6 Å². The van der Waals surface area contributed by atoms with Crippen molar-refractivity contribution in [2.75, 3.05) is 19.3 Å². The molecule has 0 aliphatic carbocycles. The van der Waals surface area contributed by atoms with Gasteiger partial charge in [-0.05, 0) is 36.1 Å². The summed E-state index contributed by atoms with van der Waals surface area (Å²) in [5.41, 5.74) is 1.79. The van der Waals surface area contributed by atoms with Crippen molar-refractivity contribution in [2.24, 2.45) is 0 Å². The molecular weight excluding hydrogens is 402 g/mol. The van der Waals surface area contributed by atoms with Crippen LogP contribution in [0.3, 0.4) is 0 Å². The molecular formula is C22H29N3O4S. The highest BCUT2D eigenvalue weighted by atomic mass is 32.2. The Morgan fingerprint density at radius 2 is 1.87 bits per heavy atom. The summed E-state index contributed by atoms with van der Waals surface area (Å²) in [6.07, 6.45) is 11.0.